The third-order valence-corrected chi connectivity index (χ3v) is 20.0. The van der Waals surface area contributed by atoms with Gasteiger partial charge in [0, 0.05) is 48.5 Å². The maximum absolute atomic E-state index is 14.1. The zero-order valence-electron chi connectivity index (χ0n) is 53.8. The Morgan fingerprint density at radius 1 is 0.554 bits per heavy atom. The summed E-state index contributed by atoms with van der Waals surface area (Å²) < 4.78 is 29.5. The van der Waals surface area contributed by atoms with Crippen LogP contribution in [0.5, 0.6) is 5.75 Å². The number of allylic oxidation sites excluding steroid dienone is 1. The van der Waals surface area contributed by atoms with Crippen molar-refractivity contribution in [2.45, 2.75) is 330 Å². The molecule has 0 bridgehead atoms. The Labute approximate surface area is 503 Å². The minimum atomic E-state index is -0.975. The molecule has 11 nitrogen and oxygen atoms in total. The molecule has 1 aromatic rings. The summed E-state index contributed by atoms with van der Waals surface area (Å²) in [4.78, 5) is 79.1. The highest BCUT2D eigenvalue weighted by molar-refractivity contribution is 5.91. The topological polar surface area (TPSA) is 149 Å². The molecule has 0 N–H and O–H groups in total. The van der Waals surface area contributed by atoms with Gasteiger partial charge in [-0.15, -0.1) is 0 Å². The molecule has 0 saturated heterocycles. The number of unbranched alkanes of at least 4 members (excludes halogenated alkanes) is 24. The average molecular weight is 1160 g/mol. The van der Waals surface area contributed by atoms with Crippen LogP contribution >= 0.6 is 0 Å². The number of hydrogen-bond acceptors (Lipinski definition) is 11. The molecule has 0 heterocycles. The standard InChI is InChI=1S/C72H116O11/c1-9-11-13-15-17-19-21-23-25-27-29-31-33-36-64(74)79-52-58(53-80-65(75)37-34-32-30-28-26-24-22-20-18-16-14-12-10-2)81-66(76)38-35-39-67(77)82-62-49-54(3)48-55(4)69(62)70(5,6)51-68(78)83-63-43-42-60-59-41-40-56-50-57(73)44-46-71(56,7)61(59)45-47-72(60,63)8/h48-50,58-61,63H,9-47,51-53H2,1-8H3/t59-,60-,61-,63?,71-,72-/m0/s1. The Kier molecular flexibility index (Phi) is 31.0. The molecule has 3 saturated carbocycles. The Morgan fingerprint density at radius 3 is 1.58 bits per heavy atom. The van der Waals surface area contributed by atoms with Crippen LogP contribution in [0.25, 0.3) is 0 Å². The second-order valence-electron chi connectivity index (χ2n) is 27.4. The highest BCUT2D eigenvalue weighted by atomic mass is 16.6. The van der Waals surface area contributed by atoms with Crippen molar-refractivity contribution in [2.75, 3.05) is 13.2 Å². The number of rotatable bonds is 42. The molecule has 0 aliphatic heterocycles. The van der Waals surface area contributed by atoms with E-state index in [2.05, 4.69) is 27.7 Å². The maximum atomic E-state index is 14.1. The van der Waals surface area contributed by atoms with Crippen molar-refractivity contribution in [1.82, 2.24) is 0 Å². The molecule has 4 aliphatic rings. The van der Waals surface area contributed by atoms with Gasteiger partial charge >= 0.3 is 29.8 Å². The zero-order chi connectivity index (χ0) is 60.1. The van der Waals surface area contributed by atoms with E-state index in [9.17, 15) is 28.8 Å². The number of aryl methyl sites for hydroxylation is 2. The molecule has 1 aromatic carbocycles. The van der Waals surface area contributed by atoms with Crippen molar-refractivity contribution < 1.29 is 52.5 Å². The molecule has 11 heteroatoms. The SMILES string of the molecule is CCCCCCCCCCCCCCCC(=O)OCC(COC(=O)CCCCCCCCCCCCCCC)OC(=O)CCCC(=O)Oc1cc(C)cc(C)c1C(C)(C)CC(=O)OC1CC[C@H]2[C@@H]3CCC4=CC(=O)CC[C@]4(C)[C@H]3CC[C@]12C. The quantitative estimate of drug-likeness (QED) is 0.0266. The minimum Gasteiger partial charge on any atom is -0.462 e. The molecule has 5 rings (SSSR count). The van der Waals surface area contributed by atoms with Crippen LogP contribution in [0.3, 0.4) is 0 Å². The predicted octanol–water partition coefficient (Wildman–Crippen LogP) is 18.5. The number of esters is 5. The average Bonchev–Trinajstić information content (AvgIpc) is 2.04. The maximum Gasteiger partial charge on any atom is 0.311 e. The van der Waals surface area contributed by atoms with Crippen molar-refractivity contribution in [3.05, 3.63) is 40.5 Å². The molecule has 83 heavy (non-hydrogen) atoms. The second-order valence-corrected chi connectivity index (χ2v) is 27.4. The molecular formula is C72H116O11. The van der Waals surface area contributed by atoms with Crippen LogP contribution in [0.4, 0.5) is 0 Å². The lowest BCUT2D eigenvalue weighted by atomic mass is 9.47. The van der Waals surface area contributed by atoms with E-state index in [1.807, 2.05) is 45.9 Å². The van der Waals surface area contributed by atoms with Gasteiger partial charge in [-0.1, -0.05) is 207 Å². The number of carbonyl (C=O) groups is 6. The van der Waals surface area contributed by atoms with Gasteiger partial charge in [-0.3, -0.25) is 28.8 Å². The summed E-state index contributed by atoms with van der Waals surface area (Å²) in [6, 6.07) is 3.87. The van der Waals surface area contributed by atoms with Crippen LogP contribution in [0, 0.1) is 42.4 Å². The highest BCUT2D eigenvalue weighted by Crippen LogP contribution is 2.65. The van der Waals surface area contributed by atoms with Gasteiger partial charge in [0.1, 0.15) is 25.1 Å². The molecule has 0 radical (unpaired) electrons. The summed E-state index contributed by atoms with van der Waals surface area (Å²) in [7, 11) is 0. The summed E-state index contributed by atoms with van der Waals surface area (Å²) in [5.74, 6) is 0.190. The van der Waals surface area contributed by atoms with Crippen LogP contribution in [-0.4, -0.2) is 61.1 Å². The van der Waals surface area contributed by atoms with Crippen molar-refractivity contribution >= 4 is 35.6 Å². The molecular weight excluding hydrogens is 1040 g/mol. The number of benzene rings is 1. The normalized spacial score (nSPS) is 22.1. The van der Waals surface area contributed by atoms with Gasteiger partial charge < -0.3 is 23.7 Å². The third kappa shape index (κ3) is 23.3. The van der Waals surface area contributed by atoms with Gasteiger partial charge in [0.25, 0.3) is 0 Å². The number of ether oxygens (including phenoxy) is 5. The largest absolute Gasteiger partial charge is 0.462 e. The molecule has 470 valence electrons. The van der Waals surface area contributed by atoms with Crippen LogP contribution in [0.1, 0.15) is 315 Å². The van der Waals surface area contributed by atoms with Crippen molar-refractivity contribution in [1.29, 1.82) is 0 Å². The first-order valence-corrected chi connectivity index (χ1v) is 34.2. The number of fused-ring (bicyclic) bond motifs is 5. The van der Waals surface area contributed by atoms with Crippen LogP contribution in [0.2, 0.25) is 0 Å². The van der Waals surface area contributed by atoms with E-state index in [1.165, 1.54) is 134 Å². The first-order valence-electron chi connectivity index (χ1n) is 34.2. The summed E-state index contributed by atoms with van der Waals surface area (Å²) in [5.41, 5.74) is 3.22. The van der Waals surface area contributed by atoms with E-state index in [0.29, 0.717) is 29.9 Å². The first kappa shape index (κ1) is 69.7. The molecule has 4 aliphatic carbocycles. The Bertz CT molecular complexity index is 2150. The van der Waals surface area contributed by atoms with E-state index >= 15 is 0 Å². The molecule has 0 aromatic heterocycles. The number of carbonyl (C=O) groups excluding carboxylic acids is 6. The summed E-state index contributed by atoms with van der Waals surface area (Å²) in [5, 5.41) is 0. The number of hydrogen-bond donors (Lipinski definition) is 0. The lowest BCUT2D eigenvalue weighted by Gasteiger charge is -2.57. The summed E-state index contributed by atoms with van der Waals surface area (Å²) >= 11 is 0. The molecule has 3 fully saturated rings. The molecule has 0 spiro atoms. The van der Waals surface area contributed by atoms with Crippen molar-refractivity contribution in [2.24, 2.45) is 28.6 Å². The van der Waals surface area contributed by atoms with E-state index < -0.39 is 23.5 Å². The van der Waals surface area contributed by atoms with Gasteiger partial charge in [0.15, 0.2) is 11.9 Å². The minimum absolute atomic E-state index is 0.0605. The van der Waals surface area contributed by atoms with E-state index in [4.69, 9.17) is 23.7 Å². The lowest BCUT2D eigenvalue weighted by molar-refractivity contribution is -0.167. The van der Waals surface area contributed by atoms with E-state index in [0.717, 1.165) is 100 Å². The third-order valence-electron chi connectivity index (χ3n) is 20.0. The zero-order valence-corrected chi connectivity index (χ0v) is 53.8. The molecule has 0 amide bonds. The highest BCUT2D eigenvalue weighted by Gasteiger charge is 2.60. The Hall–Kier alpha value is -4.02. The number of ketones is 1. The van der Waals surface area contributed by atoms with Crippen LogP contribution in [0.15, 0.2) is 23.8 Å². The second kappa shape index (κ2) is 36.9. The Morgan fingerprint density at radius 2 is 1.05 bits per heavy atom. The fourth-order valence-corrected chi connectivity index (χ4v) is 15.2. The van der Waals surface area contributed by atoms with Gasteiger partial charge in [-0.2, -0.15) is 0 Å². The van der Waals surface area contributed by atoms with Crippen LogP contribution < -0.4 is 4.74 Å². The van der Waals surface area contributed by atoms with Gasteiger partial charge in [-0.25, -0.2) is 0 Å². The van der Waals surface area contributed by atoms with E-state index in [-0.39, 0.29) is 92.4 Å². The van der Waals surface area contributed by atoms with Crippen LogP contribution in [-0.2, 0) is 53.1 Å². The smallest absolute Gasteiger partial charge is 0.311 e. The monoisotopic (exact) mass is 1160 g/mol. The Balaban J connectivity index is 1.06. The van der Waals surface area contributed by atoms with Crippen molar-refractivity contribution in [3.8, 4) is 5.75 Å². The lowest BCUT2D eigenvalue weighted by Crippen LogP contribution is -2.51. The summed E-state index contributed by atoms with van der Waals surface area (Å²) in [6.45, 7) is 16.7. The van der Waals surface area contributed by atoms with Crippen molar-refractivity contribution in [3.63, 3.8) is 0 Å². The van der Waals surface area contributed by atoms with Gasteiger partial charge in [-0.05, 0) is 124 Å². The van der Waals surface area contributed by atoms with E-state index in [1.54, 1.807) is 0 Å². The fraction of sp³-hybridized carbons (Fsp3) is 0.806. The fourth-order valence-electron chi connectivity index (χ4n) is 15.2. The van der Waals surface area contributed by atoms with Gasteiger partial charge in [0.05, 0.1) is 6.42 Å². The summed E-state index contributed by atoms with van der Waals surface area (Å²) in [6.07, 6.45) is 40.6. The molecule has 1 unspecified atom stereocenters. The predicted molar refractivity (Wildman–Crippen MR) is 332 cm³/mol. The first-order chi connectivity index (χ1) is 39.9. The van der Waals surface area contributed by atoms with Gasteiger partial charge in [0.2, 0.25) is 0 Å². The molecule has 6 atom stereocenters.